The van der Waals surface area contributed by atoms with E-state index >= 15 is 0 Å². The molecule has 1 aromatic heterocycles. The van der Waals surface area contributed by atoms with Gasteiger partial charge >= 0.3 is 0 Å². The highest BCUT2D eigenvalue weighted by Crippen LogP contribution is 2.30. The average Bonchev–Trinajstić information content (AvgIpc) is 2.42. The van der Waals surface area contributed by atoms with Crippen LogP contribution in [0.15, 0.2) is 9.32 Å². The lowest BCUT2D eigenvalue weighted by Crippen LogP contribution is -2.66. The van der Waals surface area contributed by atoms with Gasteiger partial charge in [0.25, 0.3) is 5.56 Å². The number of hydrogen-bond donors (Lipinski definition) is 2. The molecule has 0 amide bonds. The van der Waals surface area contributed by atoms with Crippen LogP contribution in [0.1, 0.15) is 11.3 Å². The molecule has 0 saturated carbocycles. The number of H-pyrrole nitrogens is 1. The van der Waals surface area contributed by atoms with Crippen LogP contribution in [-0.2, 0) is 11.8 Å². The lowest BCUT2D eigenvalue weighted by Gasteiger charge is -2.47. The predicted molar refractivity (Wildman–Crippen MR) is 53.6 cm³/mol. The maximum Gasteiger partial charge on any atom is 0.282 e. The Balaban J connectivity index is 2.67. The van der Waals surface area contributed by atoms with E-state index in [4.69, 9.17) is 35.9 Å². The average molecular weight is 179 g/mol. The first-order valence-electron chi connectivity index (χ1n) is 3.97. The van der Waals surface area contributed by atoms with Gasteiger partial charge in [-0.05, 0) is 0 Å². The molecule has 0 aliphatic carbocycles. The summed E-state index contributed by atoms with van der Waals surface area (Å²) in [5.74, 6) is 0.325. The van der Waals surface area contributed by atoms with Gasteiger partial charge in [-0.2, -0.15) is 5.16 Å². The minimum absolute atomic E-state index is 0.0845. The van der Waals surface area contributed by atoms with Crippen molar-refractivity contribution in [3.05, 3.63) is 21.7 Å². The fraction of sp³-hybridized carbons (Fsp3) is 0.500. The van der Waals surface area contributed by atoms with Gasteiger partial charge in [-0.25, -0.2) is 0 Å². The Labute approximate surface area is 85.8 Å². The third-order valence-electron chi connectivity index (χ3n) is 2.41. The lowest BCUT2D eigenvalue weighted by molar-refractivity contribution is 0.346. The molecule has 0 atom stereocenters. The number of nitrogens with one attached hydrogen (secondary N) is 2. The predicted octanol–water partition coefficient (Wildman–Crippen LogP) is -2.45. The molecule has 0 fully saturated rings. The van der Waals surface area contributed by atoms with Crippen LogP contribution in [0.2, 0.25) is 0 Å². The second kappa shape index (κ2) is 2.63. The molecule has 0 unspecified atom stereocenters. The van der Waals surface area contributed by atoms with E-state index < -0.39 is 16.1 Å². The van der Waals surface area contributed by atoms with Gasteiger partial charge in [0.2, 0.25) is 0 Å². The van der Waals surface area contributed by atoms with Crippen LogP contribution in [0.3, 0.4) is 0 Å². The molecule has 2 N–H and O–H groups in total. The maximum absolute atomic E-state index is 11.3. The van der Waals surface area contributed by atoms with E-state index in [2.05, 4.69) is 10.5 Å². The molecule has 62 valence electrons. The van der Waals surface area contributed by atoms with Crippen molar-refractivity contribution in [1.29, 1.82) is 0 Å². The van der Waals surface area contributed by atoms with Crippen LogP contribution in [0, 0.1) is 0 Å². The van der Waals surface area contributed by atoms with E-state index in [0.717, 1.165) is 0 Å². The number of aromatic amines is 1. The van der Waals surface area contributed by atoms with Crippen LogP contribution in [-0.4, -0.2) is 41.9 Å². The second-order valence-corrected chi connectivity index (χ2v) is 3.42. The molecule has 8 radical (unpaired) electrons. The van der Waals surface area contributed by atoms with Crippen molar-refractivity contribution in [1.82, 2.24) is 10.5 Å². The minimum atomic E-state index is -1.67. The molecular formula is C6H4B4N2O2. The summed E-state index contributed by atoms with van der Waals surface area (Å²) in [4.78, 5) is 11.3. The van der Waals surface area contributed by atoms with Crippen LogP contribution in [0.4, 0.5) is 0 Å². The Morgan fingerprint density at radius 2 is 1.93 bits per heavy atom. The standard InChI is InChI=1S/C6H4B4N2O2/c7-5(8)3-2(14-12-4(3)13)1-11-6(5,9)10/h11H,1H2,(H,12,13). The molecule has 4 nitrogen and oxygen atoms in total. The van der Waals surface area contributed by atoms with Crippen LogP contribution >= 0.6 is 0 Å². The van der Waals surface area contributed by atoms with Crippen molar-refractivity contribution in [3.63, 3.8) is 0 Å². The van der Waals surface area contributed by atoms with Crippen molar-refractivity contribution >= 4 is 31.4 Å². The fourth-order valence-electron chi connectivity index (χ4n) is 1.46. The van der Waals surface area contributed by atoms with Crippen molar-refractivity contribution in [2.75, 3.05) is 0 Å². The highest BCUT2D eigenvalue weighted by atomic mass is 16.5. The van der Waals surface area contributed by atoms with Crippen LogP contribution in [0.25, 0.3) is 0 Å². The molecule has 1 aliphatic heterocycles. The van der Waals surface area contributed by atoms with Gasteiger partial charge in [0.05, 0.1) is 43.5 Å². The van der Waals surface area contributed by atoms with Crippen LogP contribution < -0.4 is 10.9 Å². The summed E-state index contributed by atoms with van der Waals surface area (Å²) in [5, 5.41) is 1.59. The smallest absolute Gasteiger partial charge is 0.282 e. The molecule has 0 spiro atoms. The monoisotopic (exact) mass is 180 g/mol. The Kier molecular flexibility index (Phi) is 1.83. The molecule has 2 heterocycles. The molecule has 14 heavy (non-hydrogen) atoms. The highest BCUT2D eigenvalue weighted by Gasteiger charge is 2.43. The van der Waals surface area contributed by atoms with Gasteiger partial charge in [-0.3, -0.25) is 4.79 Å². The van der Waals surface area contributed by atoms with Crippen molar-refractivity contribution < 1.29 is 4.52 Å². The largest absolute Gasteiger partial charge is 0.382 e. The van der Waals surface area contributed by atoms with Crippen LogP contribution in [0.5, 0.6) is 0 Å². The molecule has 1 aliphatic rings. The second-order valence-electron chi connectivity index (χ2n) is 3.42. The zero-order valence-electron chi connectivity index (χ0n) is 7.33. The third kappa shape index (κ3) is 1.06. The summed E-state index contributed by atoms with van der Waals surface area (Å²) in [7, 11) is 22.6. The Hall–Kier alpha value is -0.770. The minimum Gasteiger partial charge on any atom is -0.382 e. The number of fused-ring (bicyclic) bond motifs is 1. The van der Waals surface area contributed by atoms with E-state index in [0.29, 0.717) is 5.76 Å². The zero-order valence-corrected chi connectivity index (χ0v) is 7.33. The number of rotatable bonds is 0. The molecular weight excluding hydrogens is 175 g/mol. The first-order chi connectivity index (χ1) is 6.36. The molecule has 0 bridgehead atoms. The fourth-order valence-corrected chi connectivity index (χ4v) is 1.46. The van der Waals surface area contributed by atoms with E-state index in [1.807, 2.05) is 0 Å². The summed E-state index contributed by atoms with van der Waals surface area (Å²) < 4.78 is 4.84. The number of hydrogen-bond acceptors (Lipinski definition) is 3. The van der Waals surface area contributed by atoms with E-state index in [1.54, 1.807) is 0 Å². The quantitative estimate of drug-likeness (QED) is 0.435. The SMILES string of the molecule is [B]C1([B])NCc2o[nH]c(=O)c2C1([B])[B]. The molecule has 1 aromatic rings. The van der Waals surface area contributed by atoms with Gasteiger partial charge in [-0.1, -0.05) is 10.6 Å². The van der Waals surface area contributed by atoms with Gasteiger partial charge < -0.3 is 9.84 Å². The Morgan fingerprint density at radius 1 is 1.29 bits per heavy atom. The normalized spacial score (nSPS) is 22.9. The molecule has 2 rings (SSSR count). The Morgan fingerprint density at radius 3 is 2.57 bits per heavy atom. The zero-order chi connectivity index (χ0) is 10.6. The lowest BCUT2D eigenvalue weighted by atomic mass is 9.31. The van der Waals surface area contributed by atoms with Gasteiger partial charge in [0.1, 0.15) is 0 Å². The first kappa shape index (κ1) is 9.77. The van der Waals surface area contributed by atoms with E-state index in [9.17, 15) is 4.79 Å². The summed E-state index contributed by atoms with van der Waals surface area (Å²) >= 11 is 0. The van der Waals surface area contributed by atoms with Crippen molar-refractivity contribution in [3.8, 4) is 0 Å². The van der Waals surface area contributed by atoms with E-state index in [-0.39, 0.29) is 12.1 Å². The summed E-state index contributed by atoms with van der Waals surface area (Å²) in [6, 6.07) is 0. The van der Waals surface area contributed by atoms with Gasteiger partial charge in [-0.15, -0.1) is 0 Å². The van der Waals surface area contributed by atoms with Crippen molar-refractivity contribution in [2.24, 2.45) is 0 Å². The molecule has 0 aromatic carbocycles. The van der Waals surface area contributed by atoms with Gasteiger partial charge in [0.15, 0.2) is 5.76 Å². The summed E-state index contributed by atoms with van der Waals surface area (Å²) in [6.07, 6.45) is 0. The summed E-state index contributed by atoms with van der Waals surface area (Å²) in [6.45, 7) is 0.206. The third-order valence-corrected chi connectivity index (χ3v) is 2.41. The highest BCUT2D eigenvalue weighted by molar-refractivity contribution is 6.54. The number of aromatic nitrogens is 1. The van der Waals surface area contributed by atoms with Crippen molar-refractivity contribution in [2.45, 2.75) is 17.1 Å². The first-order valence-corrected chi connectivity index (χ1v) is 3.97. The molecule has 0 saturated heterocycles. The maximum atomic E-state index is 11.3. The summed E-state index contributed by atoms with van der Waals surface area (Å²) in [5.41, 5.74) is -0.423. The van der Waals surface area contributed by atoms with Gasteiger partial charge in [0, 0.05) is 0 Å². The topological polar surface area (TPSA) is 58.0 Å². The Bertz CT molecular complexity index is 422. The van der Waals surface area contributed by atoms with E-state index in [1.165, 1.54) is 0 Å². The molecule has 8 heteroatoms.